The molecule has 0 radical (unpaired) electrons. The van der Waals surface area contributed by atoms with Crippen LogP contribution in [0.1, 0.15) is 24.5 Å². The predicted octanol–water partition coefficient (Wildman–Crippen LogP) is 2.56. The highest BCUT2D eigenvalue weighted by atomic mass is 32.2. The predicted molar refractivity (Wildman–Crippen MR) is 110 cm³/mol. The quantitative estimate of drug-likeness (QED) is 0.644. The Labute approximate surface area is 168 Å². The number of ether oxygens (including phenoxy) is 1. The Hall–Kier alpha value is -1.80. The topological polar surface area (TPSA) is 62.7 Å². The van der Waals surface area contributed by atoms with E-state index in [0.29, 0.717) is 18.0 Å². The van der Waals surface area contributed by atoms with Crippen molar-refractivity contribution in [2.75, 3.05) is 39.4 Å². The van der Waals surface area contributed by atoms with Crippen LogP contribution in [0.5, 0.6) is 0 Å². The van der Waals surface area contributed by atoms with Crippen LogP contribution >= 0.6 is 0 Å². The fourth-order valence-corrected chi connectivity index (χ4v) is 4.78. The molecule has 1 aromatic carbocycles. The maximum absolute atomic E-state index is 13.3. The van der Waals surface area contributed by atoms with Crippen LogP contribution in [-0.2, 0) is 27.7 Å². The minimum Gasteiger partial charge on any atom is -0.379 e. The molecule has 0 unspecified atom stereocenters. The standard InChI is InChI=1S/C21H29N3O3S/c1-2-19-4-6-21(7-5-19)28(25,26)24(18-20-8-10-22-11-9-20)13-3-12-23-14-16-27-17-15-23/h4-11H,2-3,12-18H2,1H3. The molecular formula is C21H29N3O3S. The Morgan fingerprint density at radius 3 is 2.36 bits per heavy atom. The van der Waals surface area contributed by atoms with Crippen LogP contribution in [0, 0.1) is 0 Å². The molecule has 1 aliphatic heterocycles. The lowest BCUT2D eigenvalue weighted by molar-refractivity contribution is 0.0368. The number of sulfonamides is 1. The Bertz CT molecular complexity index is 820. The fourth-order valence-electron chi connectivity index (χ4n) is 3.32. The molecular weight excluding hydrogens is 374 g/mol. The molecule has 1 fully saturated rings. The van der Waals surface area contributed by atoms with Crippen LogP contribution in [0.4, 0.5) is 0 Å². The highest BCUT2D eigenvalue weighted by Gasteiger charge is 2.24. The van der Waals surface area contributed by atoms with Crippen molar-refractivity contribution in [3.8, 4) is 0 Å². The molecule has 0 saturated carbocycles. The molecule has 28 heavy (non-hydrogen) atoms. The summed E-state index contributed by atoms with van der Waals surface area (Å²) in [7, 11) is -3.56. The van der Waals surface area contributed by atoms with E-state index in [1.54, 1.807) is 28.8 Å². The zero-order chi connectivity index (χ0) is 19.8. The molecule has 0 spiro atoms. The molecule has 3 rings (SSSR count). The van der Waals surface area contributed by atoms with E-state index < -0.39 is 10.0 Å². The number of aryl methyl sites for hydroxylation is 1. The number of rotatable bonds is 9. The Balaban J connectivity index is 1.73. The van der Waals surface area contributed by atoms with Crippen molar-refractivity contribution in [3.63, 3.8) is 0 Å². The van der Waals surface area contributed by atoms with Crippen LogP contribution in [0.25, 0.3) is 0 Å². The van der Waals surface area contributed by atoms with Crippen molar-refractivity contribution < 1.29 is 13.2 Å². The normalized spacial score (nSPS) is 15.8. The molecule has 6 nitrogen and oxygen atoms in total. The molecule has 1 aromatic heterocycles. The van der Waals surface area contributed by atoms with Crippen LogP contribution in [0.2, 0.25) is 0 Å². The molecule has 0 N–H and O–H groups in total. The average molecular weight is 404 g/mol. The zero-order valence-electron chi connectivity index (χ0n) is 16.5. The van der Waals surface area contributed by atoms with E-state index in [1.165, 1.54) is 0 Å². The van der Waals surface area contributed by atoms with Gasteiger partial charge in [-0.25, -0.2) is 8.42 Å². The molecule has 7 heteroatoms. The summed E-state index contributed by atoms with van der Waals surface area (Å²) in [5.74, 6) is 0. The number of benzene rings is 1. The van der Waals surface area contributed by atoms with Crippen molar-refractivity contribution in [3.05, 3.63) is 59.9 Å². The van der Waals surface area contributed by atoms with E-state index in [0.717, 1.165) is 56.8 Å². The highest BCUT2D eigenvalue weighted by molar-refractivity contribution is 7.89. The van der Waals surface area contributed by atoms with E-state index in [-0.39, 0.29) is 0 Å². The van der Waals surface area contributed by atoms with Crippen molar-refractivity contribution in [1.29, 1.82) is 0 Å². The third-order valence-corrected chi connectivity index (χ3v) is 6.92. The lowest BCUT2D eigenvalue weighted by atomic mass is 10.2. The monoisotopic (exact) mass is 403 g/mol. The van der Waals surface area contributed by atoms with Gasteiger partial charge < -0.3 is 4.74 Å². The SMILES string of the molecule is CCc1ccc(S(=O)(=O)N(CCCN2CCOCC2)Cc2ccncc2)cc1. The minimum atomic E-state index is -3.56. The summed E-state index contributed by atoms with van der Waals surface area (Å²) in [5.41, 5.74) is 2.07. The number of morpholine rings is 1. The molecule has 2 aromatic rings. The van der Waals surface area contributed by atoms with Gasteiger partial charge in [-0.15, -0.1) is 0 Å². The highest BCUT2D eigenvalue weighted by Crippen LogP contribution is 2.20. The summed E-state index contributed by atoms with van der Waals surface area (Å²) in [6, 6.07) is 11.0. The second-order valence-electron chi connectivity index (χ2n) is 7.00. The van der Waals surface area contributed by atoms with Gasteiger partial charge in [0, 0.05) is 38.6 Å². The van der Waals surface area contributed by atoms with Gasteiger partial charge in [0.1, 0.15) is 0 Å². The Morgan fingerprint density at radius 2 is 1.71 bits per heavy atom. The molecule has 2 heterocycles. The summed E-state index contributed by atoms with van der Waals surface area (Å²) < 4.78 is 33.6. The van der Waals surface area contributed by atoms with E-state index in [9.17, 15) is 8.42 Å². The van der Waals surface area contributed by atoms with E-state index in [1.807, 2.05) is 24.3 Å². The van der Waals surface area contributed by atoms with E-state index in [2.05, 4.69) is 16.8 Å². The first-order valence-corrected chi connectivity index (χ1v) is 11.3. The first-order chi connectivity index (χ1) is 13.6. The van der Waals surface area contributed by atoms with E-state index >= 15 is 0 Å². The van der Waals surface area contributed by atoms with Crippen molar-refractivity contribution in [2.45, 2.75) is 31.2 Å². The van der Waals surface area contributed by atoms with Gasteiger partial charge in [0.25, 0.3) is 0 Å². The van der Waals surface area contributed by atoms with Gasteiger partial charge in [-0.1, -0.05) is 19.1 Å². The Morgan fingerprint density at radius 1 is 1.04 bits per heavy atom. The third-order valence-electron chi connectivity index (χ3n) is 5.06. The second-order valence-corrected chi connectivity index (χ2v) is 8.94. The van der Waals surface area contributed by atoms with Crippen LogP contribution < -0.4 is 0 Å². The maximum Gasteiger partial charge on any atom is 0.243 e. The maximum atomic E-state index is 13.3. The summed E-state index contributed by atoms with van der Waals surface area (Å²) in [4.78, 5) is 6.71. The molecule has 0 aliphatic carbocycles. The van der Waals surface area contributed by atoms with Gasteiger partial charge in [-0.2, -0.15) is 4.31 Å². The number of pyridine rings is 1. The lowest BCUT2D eigenvalue weighted by Crippen LogP contribution is -2.39. The first-order valence-electron chi connectivity index (χ1n) is 9.87. The summed E-state index contributed by atoms with van der Waals surface area (Å²) in [6.07, 6.45) is 5.08. The Kier molecular flexibility index (Phi) is 7.56. The van der Waals surface area contributed by atoms with Crippen molar-refractivity contribution in [2.24, 2.45) is 0 Å². The fraction of sp³-hybridized carbons (Fsp3) is 0.476. The second kappa shape index (κ2) is 10.1. The van der Waals surface area contributed by atoms with Gasteiger partial charge in [-0.05, 0) is 54.8 Å². The van der Waals surface area contributed by atoms with Gasteiger partial charge in [0.05, 0.1) is 18.1 Å². The first kappa shape index (κ1) is 20.9. The van der Waals surface area contributed by atoms with Gasteiger partial charge in [-0.3, -0.25) is 9.88 Å². The van der Waals surface area contributed by atoms with Crippen molar-refractivity contribution >= 4 is 10.0 Å². The number of aromatic nitrogens is 1. The third kappa shape index (κ3) is 5.61. The smallest absolute Gasteiger partial charge is 0.243 e. The number of hydrogen-bond acceptors (Lipinski definition) is 5. The summed E-state index contributed by atoms with van der Waals surface area (Å²) in [6.45, 7) is 7.10. The van der Waals surface area contributed by atoms with Crippen LogP contribution in [0.15, 0.2) is 53.7 Å². The number of hydrogen-bond donors (Lipinski definition) is 0. The minimum absolute atomic E-state index is 0.351. The largest absolute Gasteiger partial charge is 0.379 e. The lowest BCUT2D eigenvalue weighted by Gasteiger charge is -2.28. The molecule has 1 saturated heterocycles. The van der Waals surface area contributed by atoms with Crippen LogP contribution in [-0.4, -0.2) is 62.0 Å². The van der Waals surface area contributed by atoms with Gasteiger partial charge in [0.2, 0.25) is 10.0 Å². The molecule has 152 valence electrons. The van der Waals surface area contributed by atoms with Gasteiger partial charge in [0.15, 0.2) is 0 Å². The molecule has 0 bridgehead atoms. The van der Waals surface area contributed by atoms with E-state index in [4.69, 9.17) is 4.74 Å². The summed E-state index contributed by atoms with van der Waals surface area (Å²) >= 11 is 0. The number of nitrogens with zero attached hydrogens (tertiary/aromatic N) is 3. The average Bonchev–Trinajstić information content (AvgIpc) is 2.74. The van der Waals surface area contributed by atoms with Crippen molar-refractivity contribution in [1.82, 2.24) is 14.2 Å². The zero-order valence-corrected chi connectivity index (χ0v) is 17.3. The molecule has 1 aliphatic rings. The van der Waals surface area contributed by atoms with Crippen LogP contribution in [0.3, 0.4) is 0 Å². The molecule has 0 amide bonds. The summed E-state index contributed by atoms with van der Waals surface area (Å²) in [5, 5.41) is 0. The van der Waals surface area contributed by atoms with Gasteiger partial charge >= 0.3 is 0 Å². The molecule has 0 atom stereocenters.